The number of benzene rings is 1. The van der Waals surface area contributed by atoms with Crippen LogP contribution in [0.4, 0.5) is 4.39 Å². The number of carbonyl (C=O) groups excluding carboxylic acids is 1. The first-order chi connectivity index (χ1) is 9.79. The standard InChI is InChI=1S/C12H11BrClFO5S/c13-11-9(15)3-8(4-10(11)21(14,17)18)12(16)20-6-7-1-2-19-5-7/h3-4,7H,1-2,5-6H2. The molecule has 9 heteroatoms. The highest BCUT2D eigenvalue weighted by Crippen LogP contribution is 2.29. The summed E-state index contributed by atoms with van der Waals surface area (Å²) in [7, 11) is 1.02. The van der Waals surface area contributed by atoms with E-state index in [0.717, 1.165) is 18.6 Å². The Balaban J connectivity index is 2.19. The van der Waals surface area contributed by atoms with Crippen LogP contribution in [0.5, 0.6) is 0 Å². The van der Waals surface area contributed by atoms with Crippen molar-refractivity contribution in [2.75, 3.05) is 19.8 Å². The monoisotopic (exact) mass is 400 g/mol. The topological polar surface area (TPSA) is 69.7 Å². The summed E-state index contributed by atoms with van der Waals surface area (Å²) in [5, 5.41) is 0. The van der Waals surface area contributed by atoms with E-state index >= 15 is 0 Å². The summed E-state index contributed by atoms with van der Waals surface area (Å²) in [6.07, 6.45) is 0.781. The van der Waals surface area contributed by atoms with Crippen LogP contribution in [-0.4, -0.2) is 34.2 Å². The number of halogens is 3. The summed E-state index contributed by atoms with van der Waals surface area (Å²) in [6, 6.07) is 1.87. The van der Waals surface area contributed by atoms with E-state index in [2.05, 4.69) is 15.9 Å². The van der Waals surface area contributed by atoms with Crippen LogP contribution in [0.2, 0.25) is 0 Å². The van der Waals surface area contributed by atoms with E-state index in [0.29, 0.717) is 13.2 Å². The largest absolute Gasteiger partial charge is 0.462 e. The van der Waals surface area contributed by atoms with Crippen LogP contribution in [0, 0.1) is 11.7 Å². The van der Waals surface area contributed by atoms with Crippen LogP contribution in [0.3, 0.4) is 0 Å². The Morgan fingerprint density at radius 3 is 2.81 bits per heavy atom. The van der Waals surface area contributed by atoms with Crippen molar-refractivity contribution in [3.8, 4) is 0 Å². The van der Waals surface area contributed by atoms with Gasteiger partial charge in [0.1, 0.15) is 10.7 Å². The second kappa shape index (κ2) is 6.60. The van der Waals surface area contributed by atoms with Crippen LogP contribution in [0.15, 0.2) is 21.5 Å². The molecule has 1 atom stereocenters. The first kappa shape index (κ1) is 16.7. The fourth-order valence-electron chi connectivity index (χ4n) is 1.85. The van der Waals surface area contributed by atoms with Crippen molar-refractivity contribution in [1.82, 2.24) is 0 Å². The van der Waals surface area contributed by atoms with Gasteiger partial charge in [-0.15, -0.1) is 0 Å². The molecule has 0 N–H and O–H groups in total. The number of hydrogen-bond acceptors (Lipinski definition) is 5. The zero-order valence-electron chi connectivity index (χ0n) is 10.6. The second-order valence-corrected chi connectivity index (χ2v) is 7.86. The fraction of sp³-hybridized carbons (Fsp3) is 0.417. The van der Waals surface area contributed by atoms with E-state index in [1.54, 1.807) is 0 Å². The summed E-state index contributed by atoms with van der Waals surface area (Å²) in [4.78, 5) is 11.3. The molecular weight excluding hydrogens is 391 g/mol. The Kier molecular flexibility index (Phi) is 5.24. The minimum Gasteiger partial charge on any atom is -0.462 e. The molecule has 1 aliphatic rings. The summed E-state index contributed by atoms with van der Waals surface area (Å²) in [5.74, 6) is -1.62. The summed E-state index contributed by atoms with van der Waals surface area (Å²) < 4.78 is 46.2. The molecule has 116 valence electrons. The Morgan fingerprint density at radius 1 is 1.52 bits per heavy atom. The number of carbonyl (C=O) groups is 1. The van der Waals surface area contributed by atoms with E-state index in [1.165, 1.54) is 0 Å². The van der Waals surface area contributed by atoms with Gasteiger partial charge in [0, 0.05) is 23.2 Å². The lowest BCUT2D eigenvalue weighted by Crippen LogP contribution is -2.15. The minimum atomic E-state index is -4.19. The van der Waals surface area contributed by atoms with Crippen LogP contribution in [-0.2, 0) is 18.5 Å². The zero-order valence-corrected chi connectivity index (χ0v) is 13.8. The molecule has 0 spiro atoms. The predicted octanol–water partition coefficient (Wildman–Crippen LogP) is 2.71. The summed E-state index contributed by atoms with van der Waals surface area (Å²) in [5.41, 5.74) is -0.214. The lowest BCUT2D eigenvalue weighted by Gasteiger charge is -2.10. The average Bonchev–Trinajstić information content (AvgIpc) is 2.90. The van der Waals surface area contributed by atoms with Gasteiger partial charge in [-0.1, -0.05) is 0 Å². The minimum absolute atomic E-state index is 0.102. The van der Waals surface area contributed by atoms with E-state index in [4.69, 9.17) is 20.2 Å². The van der Waals surface area contributed by atoms with Gasteiger partial charge in [0.25, 0.3) is 9.05 Å². The van der Waals surface area contributed by atoms with Gasteiger partial charge in [-0.25, -0.2) is 17.6 Å². The van der Waals surface area contributed by atoms with E-state index in [1.807, 2.05) is 0 Å². The van der Waals surface area contributed by atoms with Crippen LogP contribution in [0.1, 0.15) is 16.8 Å². The molecule has 0 amide bonds. The smallest absolute Gasteiger partial charge is 0.338 e. The first-order valence-corrected chi connectivity index (χ1v) is 9.08. The number of ether oxygens (including phenoxy) is 2. The molecule has 0 saturated carbocycles. The third-order valence-corrected chi connectivity index (χ3v) is 5.38. The van der Waals surface area contributed by atoms with Crippen molar-refractivity contribution in [3.63, 3.8) is 0 Å². The maximum atomic E-state index is 13.7. The molecule has 0 radical (unpaired) electrons. The van der Waals surface area contributed by atoms with Crippen molar-refractivity contribution in [2.45, 2.75) is 11.3 Å². The molecule has 1 saturated heterocycles. The van der Waals surface area contributed by atoms with Gasteiger partial charge in [0.15, 0.2) is 0 Å². The molecule has 5 nitrogen and oxygen atoms in total. The van der Waals surface area contributed by atoms with E-state index in [9.17, 15) is 17.6 Å². The van der Waals surface area contributed by atoms with Crippen LogP contribution < -0.4 is 0 Å². The molecule has 21 heavy (non-hydrogen) atoms. The second-order valence-electron chi connectivity index (χ2n) is 4.54. The Labute approximate surface area is 133 Å². The first-order valence-electron chi connectivity index (χ1n) is 5.97. The maximum absolute atomic E-state index is 13.7. The van der Waals surface area contributed by atoms with Crippen LogP contribution in [0.25, 0.3) is 0 Å². The molecule has 1 aromatic rings. The molecule has 1 aliphatic heterocycles. The van der Waals surface area contributed by atoms with E-state index < -0.39 is 25.7 Å². The van der Waals surface area contributed by atoms with E-state index in [-0.39, 0.29) is 22.6 Å². The normalized spacial score (nSPS) is 18.7. The fourth-order valence-corrected chi connectivity index (χ4v) is 3.94. The van der Waals surface area contributed by atoms with Gasteiger partial charge in [-0.2, -0.15) is 0 Å². The van der Waals surface area contributed by atoms with Crippen LogP contribution >= 0.6 is 26.6 Å². The lowest BCUT2D eigenvalue weighted by atomic mass is 10.1. The van der Waals surface area contributed by atoms with Gasteiger partial charge < -0.3 is 9.47 Å². The molecule has 0 aliphatic carbocycles. The lowest BCUT2D eigenvalue weighted by molar-refractivity contribution is 0.0427. The van der Waals surface area contributed by atoms with Gasteiger partial charge in [-0.05, 0) is 34.5 Å². The van der Waals surface area contributed by atoms with Crippen molar-refractivity contribution in [3.05, 3.63) is 28.0 Å². The van der Waals surface area contributed by atoms with Crippen molar-refractivity contribution < 1.29 is 27.1 Å². The molecule has 2 rings (SSSR count). The molecule has 1 heterocycles. The molecule has 1 unspecified atom stereocenters. The molecular formula is C12H11BrClFO5S. The molecule has 0 bridgehead atoms. The molecule has 0 aromatic heterocycles. The Morgan fingerprint density at radius 2 is 2.24 bits per heavy atom. The summed E-state index contributed by atoms with van der Waals surface area (Å²) >= 11 is 2.78. The van der Waals surface area contributed by atoms with Gasteiger partial charge in [0.05, 0.1) is 23.2 Å². The summed E-state index contributed by atoms with van der Waals surface area (Å²) in [6.45, 7) is 1.26. The molecule has 1 fully saturated rings. The van der Waals surface area contributed by atoms with Crippen molar-refractivity contribution in [2.24, 2.45) is 5.92 Å². The molecule has 1 aromatic carbocycles. The van der Waals surface area contributed by atoms with Gasteiger partial charge in [-0.3, -0.25) is 0 Å². The predicted molar refractivity (Wildman–Crippen MR) is 76.3 cm³/mol. The highest BCUT2D eigenvalue weighted by Gasteiger charge is 2.23. The SMILES string of the molecule is O=C(OCC1CCOC1)c1cc(F)c(Br)c(S(=O)(=O)Cl)c1. The van der Waals surface area contributed by atoms with Gasteiger partial charge >= 0.3 is 5.97 Å². The number of esters is 1. The number of hydrogen-bond donors (Lipinski definition) is 0. The van der Waals surface area contributed by atoms with Gasteiger partial charge in [0.2, 0.25) is 0 Å². The Hall–Kier alpha value is -0.700. The average molecular weight is 402 g/mol. The van der Waals surface area contributed by atoms with Crippen molar-refractivity contribution in [1.29, 1.82) is 0 Å². The van der Waals surface area contributed by atoms with Crippen molar-refractivity contribution >= 4 is 41.6 Å². The Bertz CT molecular complexity index is 658. The third kappa shape index (κ3) is 4.15. The zero-order chi connectivity index (χ0) is 15.6. The highest BCUT2D eigenvalue weighted by atomic mass is 79.9. The third-order valence-electron chi connectivity index (χ3n) is 2.97. The maximum Gasteiger partial charge on any atom is 0.338 e. The highest BCUT2D eigenvalue weighted by molar-refractivity contribution is 9.10. The number of rotatable bonds is 4. The quantitative estimate of drug-likeness (QED) is 0.573.